The molecule has 0 radical (unpaired) electrons. The number of amides is 1. The number of nitrogens with two attached hydrogens (primary N) is 1. The van der Waals surface area contributed by atoms with Crippen LogP contribution in [0.5, 0.6) is 0 Å². The van der Waals surface area contributed by atoms with E-state index in [4.69, 9.17) is 26.8 Å². The summed E-state index contributed by atoms with van der Waals surface area (Å²) in [5.41, 5.74) is 8.11. The Balaban J connectivity index is 1.46. The van der Waals surface area contributed by atoms with Crippen LogP contribution in [-0.2, 0) is 26.4 Å². The molecule has 2 aliphatic rings. The smallest absolute Gasteiger partial charge is 0.339 e. The summed E-state index contributed by atoms with van der Waals surface area (Å²) in [6.07, 6.45) is 2.25. The van der Waals surface area contributed by atoms with Crippen LogP contribution < -0.4 is 5.73 Å². The highest BCUT2D eigenvalue weighted by Gasteiger charge is 2.48. The summed E-state index contributed by atoms with van der Waals surface area (Å²) in [5, 5.41) is 0.620. The number of nitrogens with zero attached hydrogens (tertiary/aromatic N) is 2. The van der Waals surface area contributed by atoms with E-state index in [1.807, 2.05) is 18.2 Å². The van der Waals surface area contributed by atoms with Gasteiger partial charge in [0.25, 0.3) is 5.91 Å². The van der Waals surface area contributed by atoms with Crippen LogP contribution in [0.1, 0.15) is 46.1 Å². The van der Waals surface area contributed by atoms with Crippen LogP contribution in [0.25, 0.3) is 0 Å². The van der Waals surface area contributed by atoms with Crippen LogP contribution in [0.15, 0.2) is 36.5 Å². The molecule has 1 spiro atoms. The Morgan fingerprint density at radius 1 is 1.31 bits per heavy atom. The maximum Gasteiger partial charge on any atom is 0.339 e. The number of piperidine rings is 1. The minimum Gasteiger partial charge on any atom is -0.465 e. The van der Waals surface area contributed by atoms with Crippen LogP contribution in [0.3, 0.4) is 0 Å². The second-order valence-electron chi connectivity index (χ2n) is 7.43. The summed E-state index contributed by atoms with van der Waals surface area (Å²) in [7, 11) is 1.35. The molecule has 29 heavy (non-hydrogen) atoms. The Bertz CT molecular complexity index is 939. The molecule has 2 aromatic rings. The summed E-state index contributed by atoms with van der Waals surface area (Å²) in [4.78, 5) is 30.1. The average Bonchev–Trinajstić information content (AvgIpc) is 3.03. The van der Waals surface area contributed by atoms with Gasteiger partial charge in [0.1, 0.15) is 0 Å². The fourth-order valence-electron chi connectivity index (χ4n) is 4.16. The third-order valence-corrected chi connectivity index (χ3v) is 5.92. The van der Waals surface area contributed by atoms with Gasteiger partial charge in [0.15, 0.2) is 6.10 Å². The standard InChI is InChI=1S/C21H22ClN3O4/c1-28-20(27)13-2-4-15(24-11-13)12-25-8-6-21(7-9-25)17-10-14(22)3-5-16(17)18(29-21)19(23)26/h2-5,10-11,18H,6-9,12H2,1H3,(H2,23,26). The van der Waals surface area contributed by atoms with Crippen molar-refractivity contribution in [2.24, 2.45) is 5.73 Å². The van der Waals surface area contributed by atoms with Crippen molar-refractivity contribution in [1.29, 1.82) is 0 Å². The first-order valence-corrected chi connectivity index (χ1v) is 9.82. The molecule has 7 nitrogen and oxygen atoms in total. The number of aromatic nitrogens is 1. The highest BCUT2D eigenvalue weighted by atomic mass is 35.5. The lowest BCUT2D eigenvalue weighted by atomic mass is 9.83. The van der Waals surface area contributed by atoms with Crippen molar-refractivity contribution in [3.8, 4) is 0 Å². The van der Waals surface area contributed by atoms with Gasteiger partial charge in [0.05, 0.1) is 24.0 Å². The van der Waals surface area contributed by atoms with Gasteiger partial charge >= 0.3 is 5.97 Å². The van der Waals surface area contributed by atoms with Crippen molar-refractivity contribution in [3.63, 3.8) is 0 Å². The molecule has 0 aliphatic carbocycles. The Labute approximate surface area is 173 Å². The Morgan fingerprint density at radius 3 is 2.69 bits per heavy atom. The maximum absolute atomic E-state index is 11.9. The monoisotopic (exact) mass is 415 g/mol. The van der Waals surface area contributed by atoms with Crippen molar-refractivity contribution in [1.82, 2.24) is 9.88 Å². The van der Waals surface area contributed by atoms with Gasteiger partial charge in [0.2, 0.25) is 0 Å². The number of carbonyl (C=O) groups is 2. The predicted molar refractivity (Wildman–Crippen MR) is 106 cm³/mol. The molecule has 3 heterocycles. The average molecular weight is 416 g/mol. The second kappa shape index (κ2) is 7.74. The van der Waals surface area contributed by atoms with Crippen molar-refractivity contribution >= 4 is 23.5 Å². The highest BCUT2D eigenvalue weighted by molar-refractivity contribution is 6.30. The van der Waals surface area contributed by atoms with Crippen molar-refractivity contribution in [2.75, 3.05) is 20.2 Å². The van der Waals surface area contributed by atoms with Crippen LogP contribution in [-0.4, -0.2) is 42.0 Å². The molecule has 1 fully saturated rings. The SMILES string of the molecule is COC(=O)c1ccc(CN2CCC3(CC2)OC(C(N)=O)c2ccc(Cl)cc23)nc1. The molecule has 2 N–H and O–H groups in total. The van der Waals surface area contributed by atoms with Gasteiger partial charge in [-0.1, -0.05) is 17.7 Å². The zero-order chi connectivity index (χ0) is 20.6. The summed E-state index contributed by atoms with van der Waals surface area (Å²) < 4.78 is 10.9. The number of carbonyl (C=O) groups excluding carboxylic acids is 2. The van der Waals surface area contributed by atoms with Gasteiger partial charge in [0, 0.05) is 30.9 Å². The molecular formula is C21H22ClN3O4. The molecule has 0 saturated carbocycles. The zero-order valence-electron chi connectivity index (χ0n) is 16.1. The predicted octanol–water partition coefficient (Wildman–Crippen LogP) is 2.57. The first-order valence-electron chi connectivity index (χ1n) is 9.44. The van der Waals surface area contributed by atoms with E-state index in [2.05, 4.69) is 9.88 Å². The number of fused-ring (bicyclic) bond motifs is 2. The number of likely N-dealkylation sites (tertiary alicyclic amines) is 1. The van der Waals surface area contributed by atoms with Crippen LogP contribution in [0.2, 0.25) is 5.02 Å². The van der Waals surface area contributed by atoms with Crippen LogP contribution >= 0.6 is 11.6 Å². The van der Waals surface area contributed by atoms with Crippen LogP contribution in [0.4, 0.5) is 0 Å². The summed E-state index contributed by atoms with van der Waals surface area (Å²) in [5.74, 6) is -0.883. The minimum atomic E-state index is -0.735. The Kier molecular flexibility index (Phi) is 5.29. The molecule has 1 aromatic carbocycles. The number of rotatable bonds is 4. The molecule has 2 aliphatic heterocycles. The second-order valence-corrected chi connectivity index (χ2v) is 7.87. The summed E-state index contributed by atoms with van der Waals surface area (Å²) in [6.45, 7) is 2.22. The molecular weight excluding hydrogens is 394 g/mol. The fourth-order valence-corrected chi connectivity index (χ4v) is 4.33. The number of esters is 1. The molecule has 0 bridgehead atoms. The van der Waals surface area contributed by atoms with E-state index in [1.54, 1.807) is 12.1 Å². The number of methoxy groups -OCH3 is 1. The van der Waals surface area contributed by atoms with Gasteiger partial charge in [-0.2, -0.15) is 0 Å². The van der Waals surface area contributed by atoms with E-state index in [1.165, 1.54) is 13.3 Å². The molecule has 8 heteroatoms. The topological polar surface area (TPSA) is 94.7 Å². The molecule has 1 amide bonds. The number of hydrogen-bond acceptors (Lipinski definition) is 6. The molecule has 4 rings (SSSR count). The van der Waals surface area contributed by atoms with E-state index < -0.39 is 23.6 Å². The van der Waals surface area contributed by atoms with E-state index in [9.17, 15) is 9.59 Å². The first kappa shape index (κ1) is 19.8. The molecule has 1 atom stereocenters. The molecule has 152 valence electrons. The largest absolute Gasteiger partial charge is 0.465 e. The molecule has 1 saturated heterocycles. The van der Waals surface area contributed by atoms with Gasteiger partial charge in [-0.15, -0.1) is 0 Å². The summed E-state index contributed by atoms with van der Waals surface area (Å²) in [6, 6.07) is 9.04. The maximum atomic E-state index is 11.9. The molecule has 1 unspecified atom stereocenters. The lowest BCUT2D eigenvalue weighted by Gasteiger charge is -2.39. The van der Waals surface area contributed by atoms with E-state index in [0.29, 0.717) is 17.1 Å². The van der Waals surface area contributed by atoms with E-state index >= 15 is 0 Å². The zero-order valence-corrected chi connectivity index (χ0v) is 16.8. The van der Waals surface area contributed by atoms with Crippen LogP contribution in [0, 0.1) is 0 Å². The lowest BCUT2D eigenvalue weighted by molar-refractivity contribution is -0.148. The third kappa shape index (κ3) is 3.73. The number of ether oxygens (including phenoxy) is 2. The van der Waals surface area contributed by atoms with Gasteiger partial charge in [-0.05, 0) is 48.2 Å². The highest BCUT2D eigenvalue weighted by Crippen LogP contribution is 2.50. The fraction of sp³-hybridized carbons (Fsp3) is 0.381. The number of pyridine rings is 1. The van der Waals surface area contributed by atoms with E-state index in [-0.39, 0.29) is 0 Å². The number of halogens is 1. The van der Waals surface area contributed by atoms with Crippen molar-refractivity contribution in [3.05, 3.63) is 63.9 Å². The quantitative estimate of drug-likeness (QED) is 0.771. The van der Waals surface area contributed by atoms with Crippen molar-refractivity contribution in [2.45, 2.75) is 31.1 Å². The number of primary amides is 1. The number of hydrogen-bond donors (Lipinski definition) is 1. The lowest BCUT2D eigenvalue weighted by Crippen LogP contribution is -2.42. The van der Waals surface area contributed by atoms with E-state index in [0.717, 1.165) is 42.8 Å². The Morgan fingerprint density at radius 2 is 2.07 bits per heavy atom. The van der Waals surface area contributed by atoms with Crippen molar-refractivity contribution < 1.29 is 19.1 Å². The minimum absolute atomic E-state index is 0.399. The Hall–Kier alpha value is -2.48. The van der Waals surface area contributed by atoms with Gasteiger partial charge in [-0.25, -0.2) is 4.79 Å². The normalized spacial score (nSPS) is 20.4. The van der Waals surface area contributed by atoms with Gasteiger partial charge < -0.3 is 15.2 Å². The molecule has 1 aromatic heterocycles. The van der Waals surface area contributed by atoms with Gasteiger partial charge in [-0.3, -0.25) is 14.7 Å². The third-order valence-electron chi connectivity index (χ3n) is 5.69. The summed E-state index contributed by atoms with van der Waals surface area (Å²) >= 11 is 6.21. The first-order chi connectivity index (χ1) is 13.9. The number of benzene rings is 1.